The smallest absolute Gasteiger partial charge is 0.237 e. The summed E-state index contributed by atoms with van der Waals surface area (Å²) < 4.78 is 3.35. The highest BCUT2D eigenvalue weighted by atomic mass is 79.9. The number of carbonyl (C=O) groups excluding carboxylic acids is 1. The third-order valence-corrected chi connectivity index (χ3v) is 5.46. The lowest BCUT2D eigenvalue weighted by Crippen LogP contribution is -2.23. The van der Waals surface area contributed by atoms with Crippen LogP contribution in [0.15, 0.2) is 62.6 Å². The van der Waals surface area contributed by atoms with Crippen LogP contribution < -0.4 is 5.32 Å². The summed E-state index contributed by atoms with van der Waals surface area (Å²) in [5, 5.41) is 14.8. The van der Waals surface area contributed by atoms with E-state index in [1.807, 2.05) is 55.5 Å². The van der Waals surface area contributed by atoms with Crippen molar-refractivity contribution in [2.24, 2.45) is 0 Å². The Morgan fingerprint density at radius 3 is 2.68 bits per heavy atom. The number of aromatic nitrogens is 4. The molecule has 1 heterocycles. The molecule has 1 N–H and O–H groups in total. The number of hydrogen-bond donors (Lipinski definition) is 1. The van der Waals surface area contributed by atoms with Gasteiger partial charge in [0.1, 0.15) is 0 Å². The van der Waals surface area contributed by atoms with Gasteiger partial charge in [0.05, 0.1) is 16.6 Å². The Labute approximate surface area is 165 Å². The number of anilines is 1. The molecule has 0 spiro atoms. The third-order valence-electron chi connectivity index (χ3n) is 3.28. The van der Waals surface area contributed by atoms with Gasteiger partial charge in [-0.05, 0) is 63.6 Å². The quantitative estimate of drug-likeness (QED) is 0.548. The Morgan fingerprint density at radius 2 is 1.96 bits per heavy atom. The molecule has 25 heavy (non-hydrogen) atoms. The summed E-state index contributed by atoms with van der Waals surface area (Å²) in [4.78, 5) is 12.5. The van der Waals surface area contributed by atoms with Crippen molar-refractivity contribution in [1.82, 2.24) is 20.2 Å². The number of amides is 1. The fraction of sp³-hybridized carbons (Fsp3) is 0.125. The summed E-state index contributed by atoms with van der Waals surface area (Å²) in [6.07, 6.45) is 0. The minimum atomic E-state index is -0.371. The second-order valence-electron chi connectivity index (χ2n) is 5.08. The van der Waals surface area contributed by atoms with Crippen LogP contribution in [0.4, 0.5) is 5.69 Å². The molecule has 3 aromatic rings. The molecule has 0 saturated heterocycles. The monoisotopic (exact) mass is 481 g/mol. The van der Waals surface area contributed by atoms with Gasteiger partial charge in [-0.3, -0.25) is 4.79 Å². The second-order valence-corrected chi connectivity index (χ2v) is 8.16. The average molecular weight is 483 g/mol. The van der Waals surface area contributed by atoms with E-state index in [0.717, 1.165) is 14.6 Å². The van der Waals surface area contributed by atoms with Crippen LogP contribution in [-0.4, -0.2) is 31.4 Å². The van der Waals surface area contributed by atoms with E-state index in [1.54, 1.807) is 4.68 Å². The molecule has 6 nitrogen and oxygen atoms in total. The third kappa shape index (κ3) is 4.47. The minimum absolute atomic E-state index is 0.129. The van der Waals surface area contributed by atoms with Crippen molar-refractivity contribution in [3.8, 4) is 5.69 Å². The standard InChI is InChI=1S/C16H13Br2N5OS/c1-10(15(24)19-14-8-7-11(17)9-13(14)18)25-16-20-21-22-23(16)12-5-3-2-4-6-12/h2-10H,1H3,(H,19,24). The average Bonchev–Trinajstić information content (AvgIpc) is 3.06. The number of nitrogens with one attached hydrogen (secondary N) is 1. The minimum Gasteiger partial charge on any atom is -0.324 e. The number of thioether (sulfide) groups is 1. The lowest BCUT2D eigenvalue weighted by atomic mass is 10.3. The van der Waals surface area contributed by atoms with Gasteiger partial charge < -0.3 is 5.32 Å². The van der Waals surface area contributed by atoms with Crippen LogP contribution in [0.25, 0.3) is 5.69 Å². The molecule has 1 unspecified atom stereocenters. The van der Waals surface area contributed by atoms with Crippen LogP contribution in [0.5, 0.6) is 0 Å². The number of tetrazole rings is 1. The van der Waals surface area contributed by atoms with E-state index >= 15 is 0 Å². The molecule has 1 aromatic heterocycles. The normalized spacial score (nSPS) is 12.0. The summed E-state index contributed by atoms with van der Waals surface area (Å²) in [6.45, 7) is 1.82. The zero-order chi connectivity index (χ0) is 17.8. The fourth-order valence-corrected chi connectivity index (χ4v) is 3.97. The van der Waals surface area contributed by atoms with Gasteiger partial charge >= 0.3 is 0 Å². The Bertz CT molecular complexity index is 887. The van der Waals surface area contributed by atoms with E-state index in [-0.39, 0.29) is 11.2 Å². The molecule has 3 rings (SSSR count). The SMILES string of the molecule is CC(Sc1nnnn1-c1ccccc1)C(=O)Nc1ccc(Br)cc1Br. The Hall–Kier alpha value is -1.71. The molecule has 2 aromatic carbocycles. The molecule has 1 amide bonds. The number of carbonyl (C=O) groups is 1. The van der Waals surface area contributed by atoms with Gasteiger partial charge in [-0.1, -0.05) is 45.9 Å². The van der Waals surface area contributed by atoms with E-state index in [2.05, 4.69) is 52.7 Å². The zero-order valence-electron chi connectivity index (χ0n) is 13.1. The van der Waals surface area contributed by atoms with E-state index in [1.165, 1.54) is 11.8 Å². The summed E-state index contributed by atoms with van der Waals surface area (Å²) in [7, 11) is 0. The summed E-state index contributed by atoms with van der Waals surface area (Å²) in [5.41, 5.74) is 1.56. The van der Waals surface area contributed by atoms with Crippen molar-refractivity contribution in [2.75, 3.05) is 5.32 Å². The molecule has 0 radical (unpaired) electrons. The molecule has 0 aliphatic carbocycles. The maximum Gasteiger partial charge on any atom is 0.237 e. The van der Waals surface area contributed by atoms with Crippen molar-refractivity contribution < 1.29 is 4.79 Å². The van der Waals surface area contributed by atoms with Crippen LogP contribution in [0.3, 0.4) is 0 Å². The highest BCUT2D eigenvalue weighted by molar-refractivity contribution is 9.11. The van der Waals surface area contributed by atoms with Crippen molar-refractivity contribution in [2.45, 2.75) is 17.3 Å². The zero-order valence-corrected chi connectivity index (χ0v) is 17.0. The fourth-order valence-electron chi connectivity index (χ4n) is 2.02. The largest absolute Gasteiger partial charge is 0.324 e. The van der Waals surface area contributed by atoms with Crippen molar-refractivity contribution in [3.05, 3.63) is 57.5 Å². The van der Waals surface area contributed by atoms with E-state index in [9.17, 15) is 4.79 Å². The molecular formula is C16H13Br2N5OS. The van der Waals surface area contributed by atoms with Crippen molar-refractivity contribution in [3.63, 3.8) is 0 Å². The van der Waals surface area contributed by atoms with Gasteiger partial charge in [-0.15, -0.1) is 5.10 Å². The molecule has 1 atom stereocenters. The molecule has 0 aliphatic heterocycles. The molecule has 0 fully saturated rings. The first-order valence-electron chi connectivity index (χ1n) is 7.31. The number of rotatable bonds is 5. The highest BCUT2D eigenvalue weighted by Gasteiger charge is 2.20. The summed E-state index contributed by atoms with van der Waals surface area (Å²) in [6, 6.07) is 15.1. The lowest BCUT2D eigenvalue weighted by molar-refractivity contribution is -0.115. The van der Waals surface area contributed by atoms with Crippen LogP contribution in [0.1, 0.15) is 6.92 Å². The molecule has 0 saturated carbocycles. The molecule has 128 valence electrons. The summed E-state index contributed by atoms with van der Waals surface area (Å²) in [5.74, 6) is -0.129. The van der Waals surface area contributed by atoms with Gasteiger partial charge in [0.2, 0.25) is 11.1 Å². The number of hydrogen-bond acceptors (Lipinski definition) is 5. The van der Waals surface area contributed by atoms with Gasteiger partial charge in [0, 0.05) is 8.95 Å². The van der Waals surface area contributed by atoms with Crippen molar-refractivity contribution >= 4 is 55.2 Å². The first kappa shape index (κ1) is 18.1. The first-order valence-corrected chi connectivity index (χ1v) is 9.77. The van der Waals surface area contributed by atoms with Crippen LogP contribution >= 0.6 is 43.6 Å². The number of benzene rings is 2. The summed E-state index contributed by atoms with van der Waals surface area (Å²) >= 11 is 8.13. The molecular weight excluding hydrogens is 470 g/mol. The molecule has 9 heteroatoms. The lowest BCUT2D eigenvalue weighted by Gasteiger charge is -2.13. The Balaban J connectivity index is 1.71. The maximum absolute atomic E-state index is 12.5. The Morgan fingerprint density at radius 1 is 1.20 bits per heavy atom. The Kier molecular flexibility index (Phi) is 5.87. The van der Waals surface area contributed by atoms with Crippen LogP contribution in [0, 0.1) is 0 Å². The van der Waals surface area contributed by atoms with Crippen molar-refractivity contribution in [1.29, 1.82) is 0 Å². The number of para-hydroxylation sites is 1. The van der Waals surface area contributed by atoms with E-state index < -0.39 is 0 Å². The van der Waals surface area contributed by atoms with E-state index in [4.69, 9.17) is 0 Å². The molecule has 0 aliphatic rings. The second kappa shape index (κ2) is 8.11. The first-order chi connectivity index (χ1) is 12.0. The van der Waals surface area contributed by atoms with Gasteiger partial charge in [-0.25, -0.2) is 0 Å². The predicted octanol–water partition coefficient (Wildman–Crippen LogP) is 4.31. The van der Waals surface area contributed by atoms with Gasteiger partial charge in [0.25, 0.3) is 0 Å². The molecule has 0 bridgehead atoms. The maximum atomic E-state index is 12.5. The topological polar surface area (TPSA) is 72.7 Å². The predicted molar refractivity (Wildman–Crippen MR) is 105 cm³/mol. The number of halogens is 2. The highest BCUT2D eigenvalue weighted by Crippen LogP contribution is 2.28. The van der Waals surface area contributed by atoms with Crippen LogP contribution in [0.2, 0.25) is 0 Å². The van der Waals surface area contributed by atoms with Gasteiger partial charge in [0.15, 0.2) is 0 Å². The van der Waals surface area contributed by atoms with Crippen LogP contribution in [-0.2, 0) is 4.79 Å². The van der Waals surface area contributed by atoms with Gasteiger partial charge in [-0.2, -0.15) is 4.68 Å². The van der Waals surface area contributed by atoms with E-state index in [0.29, 0.717) is 10.8 Å². The number of nitrogens with zero attached hydrogens (tertiary/aromatic N) is 4.